The van der Waals surface area contributed by atoms with Crippen molar-refractivity contribution in [3.05, 3.63) is 52.3 Å². The first-order chi connectivity index (χ1) is 11.3. The number of amides is 1. The summed E-state index contributed by atoms with van der Waals surface area (Å²) in [7, 11) is 0. The predicted octanol–water partition coefficient (Wildman–Crippen LogP) is 2.80. The molecule has 0 radical (unpaired) electrons. The summed E-state index contributed by atoms with van der Waals surface area (Å²) in [4.78, 5) is 12.1. The van der Waals surface area contributed by atoms with E-state index in [1.165, 1.54) is 0 Å². The number of rotatable bonds is 4. The van der Waals surface area contributed by atoms with E-state index >= 15 is 0 Å². The van der Waals surface area contributed by atoms with Gasteiger partial charge >= 0.3 is 0 Å². The molecule has 0 aliphatic carbocycles. The number of fused-ring (bicyclic) bond motifs is 1. The highest BCUT2D eigenvalue weighted by Crippen LogP contribution is 2.35. The first kappa shape index (κ1) is 13.8. The second-order valence-electron chi connectivity index (χ2n) is 5.05. The molecule has 1 aromatic carbocycles. The highest BCUT2D eigenvalue weighted by molar-refractivity contribution is 7.07. The number of carbonyl (C=O) groups excluding carboxylic acids is 1. The maximum atomic E-state index is 12.1. The molecule has 1 amide bonds. The van der Waals surface area contributed by atoms with Gasteiger partial charge in [-0.1, -0.05) is 0 Å². The third kappa shape index (κ3) is 2.78. The molecule has 0 saturated heterocycles. The molecule has 116 valence electrons. The lowest BCUT2D eigenvalue weighted by atomic mass is 10.1. The molecule has 1 aliphatic heterocycles. The number of benzene rings is 1. The summed E-state index contributed by atoms with van der Waals surface area (Å²) in [5.74, 6) is 1.22. The summed E-state index contributed by atoms with van der Waals surface area (Å²) >= 11 is 1.60. The van der Waals surface area contributed by atoms with Crippen molar-refractivity contribution in [1.29, 1.82) is 0 Å². The smallest absolute Gasteiger partial charge is 0.269 e. The van der Waals surface area contributed by atoms with Crippen molar-refractivity contribution in [1.82, 2.24) is 15.5 Å². The van der Waals surface area contributed by atoms with Crippen LogP contribution < -0.4 is 14.8 Å². The van der Waals surface area contributed by atoms with Crippen LogP contribution in [0.5, 0.6) is 11.5 Å². The Morgan fingerprint density at radius 2 is 2.17 bits per heavy atom. The van der Waals surface area contributed by atoms with Gasteiger partial charge in [-0.15, -0.1) is 0 Å². The second-order valence-corrected chi connectivity index (χ2v) is 5.83. The molecule has 6 nitrogen and oxygen atoms in total. The molecule has 4 rings (SSSR count). The minimum Gasteiger partial charge on any atom is -0.454 e. The molecule has 3 aromatic rings. The highest BCUT2D eigenvalue weighted by Gasteiger charge is 2.16. The van der Waals surface area contributed by atoms with Gasteiger partial charge < -0.3 is 14.8 Å². The SMILES string of the molecule is O=C(NCc1ccsc1)c1cc(-c2ccc3c(c2)OCO3)n[nH]1. The van der Waals surface area contributed by atoms with Gasteiger partial charge in [-0.25, -0.2) is 0 Å². The normalized spacial score (nSPS) is 12.3. The molecule has 1 aliphatic rings. The van der Waals surface area contributed by atoms with Crippen LogP contribution in [0.25, 0.3) is 11.3 Å². The lowest BCUT2D eigenvalue weighted by Crippen LogP contribution is -2.22. The van der Waals surface area contributed by atoms with Gasteiger partial charge in [0.25, 0.3) is 5.91 Å². The maximum absolute atomic E-state index is 12.1. The fraction of sp³-hybridized carbons (Fsp3) is 0.125. The van der Waals surface area contributed by atoms with E-state index in [-0.39, 0.29) is 12.7 Å². The number of ether oxygens (including phenoxy) is 2. The average Bonchev–Trinajstić information content (AvgIpc) is 3.32. The lowest BCUT2D eigenvalue weighted by Gasteiger charge is -2.01. The van der Waals surface area contributed by atoms with Crippen molar-refractivity contribution in [2.24, 2.45) is 0 Å². The van der Waals surface area contributed by atoms with Crippen LogP contribution in [0, 0.1) is 0 Å². The molecule has 0 unspecified atom stereocenters. The summed E-state index contributed by atoms with van der Waals surface area (Å²) in [6, 6.07) is 9.28. The molecule has 7 heteroatoms. The molecular weight excluding hydrogens is 314 g/mol. The van der Waals surface area contributed by atoms with E-state index in [1.807, 2.05) is 35.0 Å². The number of aromatic nitrogens is 2. The van der Waals surface area contributed by atoms with Gasteiger partial charge in [-0.2, -0.15) is 16.4 Å². The van der Waals surface area contributed by atoms with Crippen molar-refractivity contribution >= 4 is 17.2 Å². The Morgan fingerprint density at radius 3 is 3.04 bits per heavy atom. The van der Waals surface area contributed by atoms with Crippen molar-refractivity contribution in [2.75, 3.05) is 6.79 Å². The monoisotopic (exact) mass is 327 g/mol. The maximum Gasteiger partial charge on any atom is 0.269 e. The van der Waals surface area contributed by atoms with E-state index in [0.29, 0.717) is 23.7 Å². The van der Waals surface area contributed by atoms with Gasteiger partial charge in [0.2, 0.25) is 6.79 Å². The minimum atomic E-state index is -0.185. The van der Waals surface area contributed by atoms with Crippen molar-refractivity contribution < 1.29 is 14.3 Å². The van der Waals surface area contributed by atoms with E-state index in [0.717, 1.165) is 16.9 Å². The van der Waals surface area contributed by atoms with Crippen molar-refractivity contribution in [2.45, 2.75) is 6.54 Å². The van der Waals surface area contributed by atoms with Crippen LogP contribution in [0.15, 0.2) is 41.1 Å². The molecule has 3 heterocycles. The van der Waals surface area contributed by atoms with E-state index < -0.39 is 0 Å². The molecule has 0 spiro atoms. The predicted molar refractivity (Wildman–Crippen MR) is 85.6 cm³/mol. The lowest BCUT2D eigenvalue weighted by molar-refractivity contribution is 0.0946. The Hall–Kier alpha value is -2.80. The van der Waals surface area contributed by atoms with Crippen molar-refractivity contribution in [3.63, 3.8) is 0 Å². The van der Waals surface area contributed by atoms with Crippen LogP contribution >= 0.6 is 11.3 Å². The van der Waals surface area contributed by atoms with Crippen LogP contribution in [0.2, 0.25) is 0 Å². The van der Waals surface area contributed by atoms with E-state index in [1.54, 1.807) is 17.4 Å². The van der Waals surface area contributed by atoms with Crippen LogP contribution in [0.3, 0.4) is 0 Å². The third-order valence-corrected chi connectivity index (χ3v) is 4.26. The average molecular weight is 327 g/mol. The topological polar surface area (TPSA) is 76.2 Å². The van der Waals surface area contributed by atoms with Gasteiger partial charge in [0.15, 0.2) is 11.5 Å². The molecule has 2 N–H and O–H groups in total. The molecule has 0 atom stereocenters. The van der Waals surface area contributed by atoms with E-state index in [9.17, 15) is 4.79 Å². The zero-order chi connectivity index (χ0) is 15.6. The Bertz CT molecular complexity index is 842. The van der Waals surface area contributed by atoms with Crippen LogP contribution in [0.4, 0.5) is 0 Å². The van der Waals surface area contributed by atoms with Crippen LogP contribution in [0.1, 0.15) is 16.1 Å². The Labute approximate surface area is 136 Å². The Balaban J connectivity index is 1.49. The number of aromatic amines is 1. The molecule has 2 aromatic heterocycles. The fourth-order valence-corrected chi connectivity index (χ4v) is 2.98. The second kappa shape index (κ2) is 5.77. The summed E-state index contributed by atoms with van der Waals surface area (Å²) in [5.41, 5.74) is 3.05. The first-order valence-electron chi connectivity index (χ1n) is 7.04. The van der Waals surface area contributed by atoms with Gasteiger partial charge in [0.1, 0.15) is 5.69 Å². The minimum absolute atomic E-state index is 0.185. The van der Waals surface area contributed by atoms with Gasteiger partial charge in [0, 0.05) is 12.1 Å². The number of H-pyrrole nitrogens is 1. The standard InChI is InChI=1S/C16H13N3O3S/c20-16(17-7-10-3-4-23-8-10)13-6-12(18-19-13)11-1-2-14-15(5-11)22-9-21-14/h1-6,8H,7,9H2,(H,17,20)(H,18,19). The summed E-state index contributed by atoms with van der Waals surface area (Å²) < 4.78 is 10.6. The first-order valence-corrected chi connectivity index (χ1v) is 7.98. The van der Waals surface area contributed by atoms with E-state index in [2.05, 4.69) is 15.5 Å². The zero-order valence-electron chi connectivity index (χ0n) is 12.0. The summed E-state index contributed by atoms with van der Waals surface area (Å²) in [6.45, 7) is 0.732. The number of hydrogen-bond acceptors (Lipinski definition) is 5. The summed E-state index contributed by atoms with van der Waals surface area (Å²) in [6.07, 6.45) is 0. The van der Waals surface area contributed by atoms with Gasteiger partial charge in [-0.3, -0.25) is 9.89 Å². The molecule has 0 saturated carbocycles. The number of nitrogens with one attached hydrogen (secondary N) is 2. The quantitative estimate of drug-likeness (QED) is 0.772. The fourth-order valence-electron chi connectivity index (χ4n) is 2.31. The summed E-state index contributed by atoms with van der Waals surface area (Å²) in [5, 5.41) is 13.8. The van der Waals surface area contributed by atoms with Crippen LogP contribution in [-0.4, -0.2) is 22.9 Å². The molecular formula is C16H13N3O3S. The number of hydrogen-bond donors (Lipinski definition) is 2. The molecule has 23 heavy (non-hydrogen) atoms. The third-order valence-electron chi connectivity index (χ3n) is 3.52. The number of thiophene rings is 1. The largest absolute Gasteiger partial charge is 0.454 e. The van der Waals surface area contributed by atoms with E-state index in [4.69, 9.17) is 9.47 Å². The Morgan fingerprint density at radius 1 is 1.26 bits per heavy atom. The molecule has 0 fully saturated rings. The van der Waals surface area contributed by atoms with Gasteiger partial charge in [-0.05, 0) is 46.7 Å². The zero-order valence-corrected chi connectivity index (χ0v) is 12.9. The van der Waals surface area contributed by atoms with Crippen molar-refractivity contribution in [3.8, 4) is 22.8 Å². The van der Waals surface area contributed by atoms with Crippen LogP contribution in [-0.2, 0) is 6.54 Å². The highest BCUT2D eigenvalue weighted by atomic mass is 32.1. The number of carbonyl (C=O) groups is 1. The van der Waals surface area contributed by atoms with Gasteiger partial charge in [0.05, 0.1) is 5.69 Å². The molecule has 0 bridgehead atoms. The number of nitrogens with zero attached hydrogens (tertiary/aromatic N) is 1. The Kier molecular flexibility index (Phi) is 3.47.